The van der Waals surface area contributed by atoms with E-state index in [2.05, 4.69) is 4.98 Å². The van der Waals surface area contributed by atoms with Crippen LogP contribution < -0.4 is 0 Å². The van der Waals surface area contributed by atoms with Gasteiger partial charge >= 0.3 is 5.92 Å². The third kappa shape index (κ3) is 3.37. The van der Waals surface area contributed by atoms with Crippen molar-refractivity contribution in [1.29, 1.82) is 0 Å². The molecule has 3 rings (SSSR count). The Morgan fingerprint density at radius 3 is 2.62 bits per heavy atom. The zero-order valence-electron chi connectivity index (χ0n) is 14.0. The van der Waals surface area contributed by atoms with Gasteiger partial charge in [0.15, 0.2) is 5.60 Å². The van der Waals surface area contributed by atoms with Crippen LogP contribution in [0.5, 0.6) is 0 Å². The molecule has 138 valence electrons. The van der Waals surface area contributed by atoms with Crippen molar-refractivity contribution >= 4 is 6.08 Å². The number of halogens is 4. The van der Waals surface area contributed by atoms with Crippen LogP contribution in [0.15, 0.2) is 42.6 Å². The monoisotopic (exact) mass is 367 g/mol. The molecule has 1 saturated heterocycles. The van der Waals surface area contributed by atoms with E-state index in [4.69, 9.17) is 9.47 Å². The highest BCUT2D eigenvalue weighted by Crippen LogP contribution is 2.56. The fraction of sp³-hybridized carbons (Fsp3) is 0.316. The van der Waals surface area contributed by atoms with Gasteiger partial charge in [-0.25, -0.2) is 8.78 Å². The van der Waals surface area contributed by atoms with Gasteiger partial charge in [0.25, 0.3) is 0 Å². The minimum Gasteiger partial charge on any atom is -0.378 e. The molecule has 1 aliphatic rings. The largest absolute Gasteiger partial charge is 0.378 e. The molecule has 1 aromatic carbocycles. The molecule has 0 bridgehead atoms. The van der Waals surface area contributed by atoms with E-state index in [9.17, 15) is 17.6 Å². The standard InChI is InChI=1S/C19H17F4NO2/c1-2-25-9-3-4-13-5-8-17(24-11-13)19(22,23)18(12-26-18)15-7-6-14(20)10-16(15)21/h3-8,10-11H,2,9,12H2,1H3. The minimum atomic E-state index is -3.57. The average molecular weight is 367 g/mol. The molecule has 1 atom stereocenters. The summed E-state index contributed by atoms with van der Waals surface area (Å²) in [6.45, 7) is 2.48. The number of aromatic nitrogens is 1. The molecule has 1 aromatic heterocycles. The van der Waals surface area contributed by atoms with Gasteiger partial charge in [-0.2, -0.15) is 8.78 Å². The van der Waals surface area contributed by atoms with Crippen molar-refractivity contribution in [3.8, 4) is 0 Å². The van der Waals surface area contributed by atoms with Gasteiger partial charge < -0.3 is 9.47 Å². The van der Waals surface area contributed by atoms with E-state index in [1.165, 1.54) is 18.3 Å². The Morgan fingerprint density at radius 2 is 2.04 bits per heavy atom. The zero-order chi connectivity index (χ0) is 18.8. The Kier molecular flexibility index (Phi) is 5.11. The first-order valence-electron chi connectivity index (χ1n) is 8.09. The second kappa shape index (κ2) is 7.17. The molecule has 1 fully saturated rings. The van der Waals surface area contributed by atoms with Crippen molar-refractivity contribution in [2.24, 2.45) is 0 Å². The Hall–Kier alpha value is -2.25. The molecule has 7 heteroatoms. The molecule has 1 unspecified atom stereocenters. The van der Waals surface area contributed by atoms with Crippen LogP contribution in [0.2, 0.25) is 0 Å². The van der Waals surface area contributed by atoms with Gasteiger partial charge in [0.2, 0.25) is 0 Å². The summed E-state index contributed by atoms with van der Waals surface area (Å²) >= 11 is 0. The summed E-state index contributed by atoms with van der Waals surface area (Å²) in [4.78, 5) is 3.81. The maximum Gasteiger partial charge on any atom is 0.324 e. The van der Waals surface area contributed by atoms with Crippen LogP contribution in [0.1, 0.15) is 23.7 Å². The number of hydrogen-bond acceptors (Lipinski definition) is 3. The van der Waals surface area contributed by atoms with Gasteiger partial charge in [0, 0.05) is 24.4 Å². The van der Waals surface area contributed by atoms with E-state index in [0.717, 1.165) is 12.1 Å². The van der Waals surface area contributed by atoms with Crippen LogP contribution in [-0.4, -0.2) is 24.8 Å². The molecule has 1 aliphatic heterocycles. The smallest absolute Gasteiger partial charge is 0.324 e. The fourth-order valence-electron chi connectivity index (χ4n) is 2.66. The number of hydrogen-bond donors (Lipinski definition) is 0. The van der Waals surface area contributed by atoms with Crippen molar-refractivity contribution in [1.82, 2.24) is 4.98 Å². The number of alkyl halides is 2. The zero-order valence-corrected chi connectivity index (χ0v) is 14.0. The lowest BCUT2D eigenvalue weighted by Gasteiger charge is -2.24. The van der Waals surface area contributed by atoms with Gasteiger partial charge in [0.1, 0.15) is 17.3 Å². The fourth-order valence-corrected chi connectivity index (χ4v) is 2.66. The lowest BCUT2D eigenvalue weighted by molar-refractivity contribution is -0.0901. The van der Waals surface area contributed by atoms with Crippen LogP contribution in [0, 0.1) is 11.6 Å². The molecule has 0 spiro atoms. The third-order valence-electron chi connectivity index (χ3n) is 4.14. The molecule has 0 amide bonds. The van der Waals surface area contributed by atoms with E-state index in [0.29, 0.717) is 24.8 Å². The molecule has 0 radical (unpaired) electrons. The molecular weight excluding hydrogens is 350 g/mol. The summed E-state index contributed by atoms with van der Waals surface area (Å²) in [5, 5.41) is 0. The maximum absolute atomic E-state index is 15.0. The Bertz CT molecular complexity index is 802. The highest BCUT2D eigenvalue weighted by atomic mass is 19.3. The minimum absolute atomic E-state index is 0.375. The first-order chi connectivity index (χ1) is 12.4. The topological polar surface area (TPSA) is 34.6 Å². The number of nitrogens with zero attached hydrogens (tertiary/aromatic N) is 1. The lowest BCUT2D eigenvalue weighted by atomic mass is 9.90. The second-order valence-electron chi connectivity index (χ2n) is 5.85. The summed E-state index contributed by atoms with van der Waals surface area (Å²) in [6, 6.07) is 5.13. The van der Waals surface area contributed by atoms with Gasteiger partial charge in [0.05, 0.1) is 13.2 Å². The summed E-state index contributed by atoms with van der Waals surface area (Å²) in [5.41, 5.74) is -2.46. The molecule has 26 heavy (non-hydrogen) atoms. The van der Waals surface area contributed by atoms with Gasteiger partial charge in [-0.3, -0.25) is 4.98 Å². The van der Waals surface area contributed by atoms with Crippen molar-refractivity contribution in [2.75, 3.05) is 19.8 Å². The Balaban J connectivity index is 1.84. The molecular formula is C19H17F4NO2. The molecule has 0 N–H and O–H groups in total. The van der Waals surface area contributed by atoms with Crippen molar-refractivity contribution in [3.05, 3.63) is 71.1 Å². The van der Waals surface area contributed by atoms with Crippen LogP contribution in [0.4, 0.5) is 17.6 Å². The predicted octanol–water partition coefficient (Wildman–Crippen LogP) is 4.43. The van der Waals surface area contributed by atoms with Crippen LogP contribution in [0.25, 0.3) is 6.08 Å². The number of benzene rings is 1. The summed E-state index contributed by atoms with van der Waals surface area (Å²) in [6.07, 6.45) is 4.74. The van der Waals surface area contributed by atoms with E-state index in [1.54, 1.807) is 12.2 Å². The van der Waals surface area contributed by atoms with Crippen LogP contribution in [0.3, 0.4) is 0 Å². The number of pyridine rings is 1. The Morgan fingerprint density at radius 1 is 1.27 bits per heavy atom. The van der Waals surface area contributed by atoms with Gasteiger partial charge in [-0.05, 0) is 30.7 Å². The summed E-state index contributed by atoms with van der Waals surface area (Å²) in [7, 11) is 0. The maximum atomic E-state index is 15.0. The SMILES string of the molecule is CCOCC=Cc1ccc(C(F)(F)C2(c3ccc(F)cc3F)CO2)nc1. The van der Waals surface area contributed by atoms with Crippen molar-refractivity contribution in [3.63, 3.8) is 0 Å². The number of epoxide rings is 1. The van der Waals surface area contributed by atoms with Crippen LogP contribution >= 0.6 is 0 Å². The van der Waals surface area contributed by atoms with Crippen molar-refractivity contribution < 1.29 is 27.0 Å². The lowest BCUT2D eigenvalue weighted by Crippen LogP contribution is -2.34. The number of ether oxygens (including phenoxy) is 2. The predicted molar refractivity (Wildman–Crippen MR) is 87.6 cm³/mol. The van der Waals surface area contributed by atoms with E-state index in [1.807, 2.05) is 6.92 Å². The van der Waals surface area contributed by atoms with E-state index in [-0.39, 0.29) is 12.2 Å². The normalized spacial score (nSPS) is 19.9. The van der Waals surface area contributed by atoms with Crippen LogP contribution in [-0.2, 0) is 21.0 Å². The van der Waals surface area contributed by atoms with Gasteiger partial charge in [-0.15, -0.1) is 0 Å². The first kappa shape index (κ1) is 18.5. The molecule has 3 nitrogen and oxygen atoms in total. The summed E-state index contributed by atoms with van der Waals surface area (Å²) < 4.78 is 67.1. The molecule has 0 aliphatic carbocycles. The van der Waals surface area contributed by atoms with Crippen molar-refractivity contribution in [2.45, 2.75) is 18.4 Å². The summed E-state index contributed by atoms with van der Waals surface area (Å²) in [5.74, 6) is -5.48. The highest BCUT2D eigenvalue weighted by Gasteiger charge is 2.68. The first-order valence-corrected chi connectivity index (χ1v) is 8.09. The molecule has 2 heterocycles. The number of rotatable bonds is 7. The average Bonchev–Trinajstić information content (AvgIpc) is 3.41. The Labute approximate surface area is 148 Å². The van der Waals surface area contributed by atoms with E-state index < -0.39 is 28.9 Å². The quantitative estimate of drug-likeness (QED) is 0.413. The van der Waals surface area contributed by atoms with Gasteiger partial charge in [-0.1, -0.05) is 18.2 Å². The second-order valence-corrected chi connectivity index (χ2v) is 5.85. The van der Waals surface area contributed by atoms with E-state index >= 15 is 0 Å². The third-order valence-corrected chi connectivity index (χ3v) is 4.14. The molecule has 0 saturated carbocycles. The highest BCUT2D eigenvalue weighted by molar-refractivity contribution is 5.48. The molecule has 2 aromatic rings.